The average molecular weight is 220 g/mol. The van der Waals surface area contributed by atoms with Gasteiger partial charge in [0.2, 0.25) is 0 Å². The molecule has 0 aliphatic heterocycles. The maximum absolute atomic E-state index is 5.04. The van der Waals surface area contributed by atoms with Gasteiger partial charge in [0.1, 0.15) is 0 Å². The molecule has 1 aromatic carbocycles. The summed E-state index contributed by atoms with van der Waals surface area (Å²) >= 11 is 1.68. The molecule has 15 heavy (non-hydrogen) atoms. The normalized spacial score (nSPS) is 9.47. The van der Waals surface area contributed by atoms with Crippen molar-refractivity contribution in [1.29, 1.82) is 0 Å². The Morgan fingerprint density at radius 3 is 2.87 bits per heavy atom. The minimum absolute atomic E-state index is 0.673. The zero-order valence-corrected chi connectivity index (χ0v) is 10.1. The predicted octanol–water partition coefficient (Wildman–Crippen LogP) is 3.53. The van der Waals surface area contributed by atoms with Crippen LogP contribution in [0.5, 0.6) is 0 Å². The molecule has 1 nitrogen and oxygen atoms in total. The van der Waals surface area contributed by atoms with E-state index in [4.69, 9.17) is 4.74 Å². The number of thioether (sulfide) groups is 1. The third-order valence-electron chi connectivity index (χ3n) is 1.82. The summed E-state index contributed by atoms with van der Waals surface area (Å²) in [5, 5.41) is 0. The summed E-state index contributed by atoms with van der Waals surface area (Å²) in [6, 6.07) is 8.19. The van der Waals surface area contributed by atoms with E-state index in [-0.39, 0.29) is 0 Å². The molecule has 0 spiro atoms. The quantitative estimate of drug-likeness (QED) is 0.436. The molecule has 0 aliphatic carbocycles. The molecule has 1 rings (SSSR count). The summed E-state index contributed by atoms with van der Waals surface area (Å²) in [5.41, 5.74) is 1.10. The van der Waals surface area contributed by atoms with E-state index in [9.17, 15) is 0 Å². The number of hydrogen-bond donors (Lipinski definition) is 0. The highest BCUT2D eigenvalue weighted by Gasteiger charge is 1.98. The van der Waals surface area contributed by atoms with Crippen molar-refractivity contribution in [3.63, 3.8) is 0 Å². The molecule has 0 atom stereocenters. The molecule has 0 bridgehead atoms. The van der Waals surface area contributed by atoms with Gasteiger partial charge in [-0.1, -0.05) is 42.7 Å². The van der Waals surface area contributed by atoms with Crippen molar-refractivity contribution in [3.8, 4) is 11.8 Å². The summed E-state index contributed by atoms with van der Waals surface area (Å²) in [6.07, 6.45) is 2.07. The van der Waals surface area contributed by atoms with Crippen LogP contribution < -0.4 is 0 Å². The maximum atomic E-state index is 5.04. The molecule has 0 saturated carbocycles. The van der Waals surface area contributed by atoms with Crippen LogP contribution >= 0.6 is 11.8 Å². The van der Waals surface area contributed by atoms with Crippen molar-refractivity contribution in [2.24, 2.45) is 0 Å². The van der Waals surface area contributed by atoms with E-state index in [0.717, 1.165) is 18.4 Å². The van der Waals surface area contributed by atoms with Gasteiger partial charge in [-0.25, -0.2) is 0 Å². The lowest BCUT2D eigenvalue weighted by Gasteiger charge is -2.02. The molecule has 1 aromatic rings. The zero-order chi connectivity index (χ0) is 10.9. The summed E-state index contributed by atoms with van der Waals surface area (Å²) in [4.78, 5) is 1.20. The molecule has 0 radical (unpaired) electrons. The second-order valence-corrected chi connectivity index (χ2v) is 4.06. The first-order chi connectivity index (χ1) is 7.38. The Labute approximate surface area is 96.2 Å². The first-order valence-corrected chi connectivity index (χ1v) is 6.06. The van der Waals surface area contributed by atoms with Gasteiger partial charge in [0.05, 0.1) is 5.94 Å². The third-order valence-corrected chi connectivity index (χ3v) is 2.84. The number of methoxy groups -OCH3 is 1. The van der Waals surface area contributed by atoms with E-state index in [0.29, 0.717) is 5.94 Å². The van der Waals surface area contributed by atoms with Gasteiger partial charge in [-0.2, -0.15) is 0 Å². The molecule has 2 heteroatoms. The number of rotatable bonds is 4. The Morgan fingerprint density at radius 2 is 2.13 bits per heavy atom. The Hall–Kier alpha value is -0.910. The molecule has 0 saturated heterocycles. The first-order valence-electron chi connectivity index (χ1n) is 5.08. The predicted molar refractivity (Wildman–Crippen MR) is 66.0 cm³/mol. The summed E-state index contributed by atoms with van der Waals surface area (Å²) in [7, 11) is 1.71. The molecule has 0 unspecified atom stereocenters. The van der Waals surface area contributed by atoms with Gasteiger partial charge in [0.25, 0.3) is 0 Å². The molecule has 0 aromatic heterocycles. The molecule has 0 fully saturated rings. The monoisotopic (exact) mass is 220 g/mol. The fourth-order valence-corrected chi connectivity index (χ4v) is 1.80. The molecule has 0 amide bonds. The van der Waals surface area contributed by atoms with Crippen LogP contribution in [-0.4, -0.2) is 13.0 Å². The molecule has 0 aliphatic rings. The summed E-state index contributed by atoms with van der Waals surface area (Å²) in [6.45, 7) is 2.14. The van der Waals surface area contributed by atoms with Gasteiger partial charge >= 0.3 is 0 Å². The second kappa shape index (κ2) is 7.39. The summed E-state index contributed by atoms with van der Waals surface area (Å²) < 4.78 is 5.04. The largest absolute Gasteiger partial charge is 0.374 e. The maximum Gasteiger partial charge on any atom is 0.0963 e. The van der Waals surface area contributed by atoms with Crippen molar-refractivity contribution >= 4 is 11.8 Å². The lowest BCUT2D eigenvalue weighted by molar-refractivity contribution is 0.259. The van der Waals surface area contributed by atoms with Gasteiger partial charge < -0.3 is 4.74 Å². The standard InChI is InChI=1S/C13H16OS/c1-3-4-5-8-12-9-6-7-10-13(12)15-11-14-2/h6-7,9-10H,3-4,11H2,1-2H3. The second-order valence-electron chi connectivity index (χ2n) is 3.10. The molecule has 80 valence electrons. The number of hydrogen-bond acceptors (Lipinski definition) is 2. The minimum atomic E-state index is 0.673. The Bertz CT molecular complexity index is 349. The van der Waals surface area contributed by atoms with Crippen LogP contribution in [-0.2, 0) is 4.74 Å². The summed E-state index contributed by atoms with van der Waals surface area (Å²) in [5.74, 6) is 7.03. The van der Waals surface area contributed by atoms with Gasteiger partial charge in [-0.05, 0) is 18.6 Å². The zero-order valence-electron chi connectivity index (χ0n) is 9.25. The van der Waals surface area contributed by atoms with Crippen LogP contribution in [0, 0.1) is 11.8 Å². The topological polar surface area (TPSA) is 9.23 Å². The van der Waals surface area contributed by atoms with Crippen molar-refractivity contribution in [2.75, 3.05) is 13.0 Å². The van der Waals surface area contributed by atoms with Crippen molar-refractivity contribution < 1.29 is 4.74 Å². The van der Waals surface area contributed by atoms with Gasteiger partial charge in [-0.3, -0.25) is 0 Å². The third kappa shape index (κ3) is 4.42. The highest BCUT2D eigenvalue weighted by Crippen LogP contribution is 2.21. The van der Waals surface area contributed by atoms with Crippen LogP contribution in [0.2, 0.25) is 0 Å². The fourth-order valence-electron chi connectivity index (χ4n) is 1.10. The van der Waals surface area contributed by atoms with Crippen LogP contribution in [0.25, 0.3) is 0 Å². The van der Waals surface area contributed by atoms with E-state index >= 15 is 0 Å². The molecule has 0 heterocycles. The average Bonchev–Trinajstić information content (AvgIpc) is 2.28. The molecular formula is C13H16OS. The fraction of sp³-hybridized carbons (Fsp3) is 0.385. The lowest BCUT2D eigenvalue weighted by atomic mass is 10.2. The van der Waals surface area contributed by atoms with Crippen molar-refractivity contribution in [1.82, 2.24) is 0 Å². The van der Waals surface area contributed by atoms with E-state index in [1.807, 2.05) is 12.1 Å². The Morgan fingerprint density at radius 1 is 1.33 bits per heavy atom. The Kier molecular flexibility index (Phi) is 5.99. The van der Waals surface area contributed by atoms with E-state index in [2.05, 4.69) is 30.9 Å². The van der Waals surface area contributed by atoms with Crippen LogP contribution in [0.3, 0.4) is 0 Å². The van der Waals surface area contributed by atoms with Gasteiger partial charge in [0.15, 0.2) is 0 Å². The smallest absolute Gasteiger partial charge is 0.0963 e. The van der Waals surface area contributed by atoms with E-state index < -0.39 is 0 Å². The van der Waals surface area contributed by atoms with Crippen LogP contribution in [0.15, 0.2) is 29.2 Å². The van der Waals surface area contributed by atoms with Crippen LogP contribution in [0.4, 0.5) is 0 Å². The Balaban J connectivity index is 2.73. The van der Waals surface area contributed by atoms with Crippen molar-refractivity contribution in [2.45, 2.75) is 24.7 Å². The van der Waals surface area contributed by atoms with E-state index in [1.54, 1.807) is 18.9 Å². The number of ether oxygens (including phenoxy) is 1. The van der Waals surface area contributed by atoms with Crippen molar-refractivity contribution in [3.05, 3.63) is 29.8 Å². The van der Waals surface area contributed by atoms with Gasteiger partial charge in [-0.15, -0.1) is 0 Å². The molecule has 0 N–H and O–H groups in total. The SMILES string of the molecule is CCCC#Cc1ccccc1SCOC. The van der Waals surface area contributed by atoms with E-state index in [1.165, 1.54) is 4.90 Å². The number of unbranched alkanes of at least 4 members (excludes halogenated alkanes) is 1. The highest BCUT2D eigenvalue weighted by atomic mass is 32.2. The highest BCUT2D eigenvalue weighted by molar-refractivity contribution is 7.99. The van der Waals surface area contributed by atoms with Crippen LogP contribution in [0.1, 0.15) is 25.3 Å². The molecular weight excluding hydrogens is 204 g/mol. The first kappa shape index (κ1) is 12.2. The number of benzene rings is 1. The minimum Gasteiger partial charge on any atom is -0.374 e. The lowest BCUT2D eigenvalue weighted by Crippen LogP contribution is -1.85. The van der Waals surface area contributed by atoms with Gasteiger partial charge in [0, 0.05) is 24.0 Å².